The molecule has 5 aromatic rings. The minimum Gasteiger partial charge on any atom is -0.0622 e. The van der Waals surface area contributed by atoms with Gasteiger partial charge in [0.15, 0.2) is 0 Å². The molecule has 0 aliphatic rings. The minimum atomic E-state index is -0.652. The lowest BCUT2D eigenvalue weighted by Crippen LogP contribution is -2.21. The standard InChI is InChI=1S/C28H21P/c1-4-12-22(13-5-1)26-20-10-14-23-15-11-21-27(28(23)26)29(24-16-6-2-7-17-24)25-18-8-3-9-19-25/h1-21H. The fraction of sp³-hybridized carbons (Fsp3) is 0. The SMILES string of the molecule is c1ccc(-c2cccc3cccc(P(c4ccccc4)c4ccccc4)c23)cc1. The van der Waals surface area contributed by atoms with Crippen LogP contribution >= 0.6 is 7.92 Å². The molecule has 0 atom stereocenters. The highest BCUT2D eigenvalue weighted by Gasteiger charge is 2.20. The first kappa shape index (κ1) is 17.9. The summed E-state index contributed by atoms with van der Waals surface area (Å²) < 4.78 is 0. The average molecular weight is 388 g/mol. The molecule has 0 saturated carbocycles. The maximum Gasteiger partial charge on any atom is -0.00217 e. The molecule has 0 nitrogen and oxygen atoms in total. The van der Waals surface area contributed by atoms with Crippen LogP contribution in [-0.4, -0.2) is 0 Å². The molecule has 0 heterocycles. The van der Waals surface area contributed by atoms with Gasteiger partial charge in [-0.2, -0.15) is 0 Å². The molecule has 5 aromatic carbocycles. The topological polar surface area (TPSA) is 0 Å². The number of fused-ring (bicyclic) bond motifs is 1. The van der Waals surface area contributed by atoms with Gasteiger partial charge >= 0.3 is 0 Å². The lowest BCUT2D eigenvalue weighted by atomic mass is 9.98. The second kappa shape index (κ2) is 8.03. The van der Waals surface area contributed by atoms with E-state index in [2.05, 4.69) is 127 Å². The quantitative estimate of drug-likeness (QED) is 0.319. The summed E-state index contributed by atoms with van der Waals surface area (Å²) in [4.78, 5) is 0. The van der Waals surface area contributed by atoms with E-state index in [1.54, 1.807) is 0 Å². The van der Waals surface area contributed by atoms with Crippen molar-refractivity contribution < 1.29 is 0 Å². The van der Waals surface area contributed by atoms with Gasteiger partial charge < -0.3 is 0 Å². The molecule has 138 valence electrons. The van der Waals surface area contributed by atoms with Crippen LogP contribution in [-0.2, 0) is 0 Å². The molecule has 0 aliphatic carbocycles. The normalized spacial score (nSPS) is 11.1. The Bertz CT molecular complexity index is 1180. The van der Waals surface area contributed by atoms with Gasteiger partial charge in [-0.3, -0.25) is 0 Å². The van der Waals surface area contributed by atoms with E-state index in [0.717, 1.165) is 0 Å². The molecule has 0 unspecified atom stereocenters. The summed E-state index contributed by atoms with van der Waals surface area (Å²) in [6, 6.07) is 46.0. The molecule has 0 fully saturated rings. The van der Waals surface area contributed by atoms with Gasteiger partial charge in [0.1, 0.15) is 0 Å². The molecule has 0 spiro atoms. The van der Waals surface area contributed by atoms with E-state index in [-0.39, 0.29) is 0 Å². The Morgan fingerprint density at radius 1 is 0.414 bits per heavy atom. The van der Waals surface area contributed by atoms with Gasteiger partial charge in [0, 0.05) is 0 Å². The van der Waals surface area contributed by atoms with Crippen molar-refractivity contribution in [3.8, 4) is 11.1 Å². The zero-order chi connectivity index (χ0) is 19.5. The van der Waals surface area contributed by atoms with Crippen LogP contribution in [0.5, 0.6) is 0 Å². The van der Waals surface area contributed by atoms with E-state index in [1.165, 1.54) is 37.8 Å². The maximum atomic E-state index is 2.32. The van der Waals surface area contributed by atoms with E-state index >= 15 is 0 Å². The van der Waals surface area contributed by atoms with E-state index < -0.39 is 7.92 Å². The van der Waals surface area contributed by atoms with Crippen LogP contribution in [0.3, 0.4) is 0 Å². The van der Waals surface area contributed by atoms with Crippen molar-refractivity contribution in [1.82, 2.24) is 0 Å². The van der Waals surface area contributed by atoms with Crippen molar-refractivity contribution in [3.63, 3.8) is 0 Å². The molecule has 0 N–H and O–H groups in total. The third-order valence-corrected chi connectivity index (χ3v) is 7.72. The third kappa shape index (κ3) is 3.48. The molecule has 0 bridgehead atoms. The molecule has 0 saturated heterocycles. The number of hydrogen-bond donors (Lipinski definition) is 0. The van der Waals surface area contributed by atoms with Crippen LogP contribution in [0.1, 0.15) is 0 Å². The molecular formula is C28H21P. The Hall–Kier alpha value is -3.21. The first-order chi connectivity index (χ1) is 14.4. The van der Waals surface area contributed by atoms with Gasteiger partial charge in [-0.15, -0.1) is 0 Å². The van der Waals surface area contributed by atoms with Gasteiger partial charge in [-0.25, -0.2) is 0 Å². The summed E-state index contributed by atoms with van der Waals surface area (Å²) in [5.74, 6) is 0. The molecule has 0 aromatic heterocycles. The van der Waals surface area contributed by atoms with E-state index in [9.17, 15) is 0 Å². The van der Waals surface area contributed by atoms with Crippen molar-refractivity contribution in [3.05, 3.63) is 127 Å². The zero-order valence-corrected chi connectivity index (χ0v) is 17.0. The summed E-state index contributed by atoms with van der Waals surface area (Å²) in [6.45, 7) is 0. The predicted octanol–water partition coefficient (Wildman–Crippen LogP) is 6.27. The van der Waals surface area contributed by atoms with E-state index in [0.29, 0.717) is 0 Å². The van der Waals surface area contributed by atoms with Crippen LogP contribution in [0.25, 0.3) is 21.9 Å². The van der Waals surface area contributed by atoms with Crippen molar-refractivity contribution in [2.24, 2.45) is 0 Å². The fourth-order valence-corrected chi connectivity index (χ4v) is 6.45. The average Bonchev–Trinajstić information content (AvgIpc) is 2.81. The second-order valence-electron chi connectivity index (χ2n) is 7.05. The third-order valence-electron chi connectivity index (χ3n) is 5.24. The Kier molecular flexibility index (Phi) is 4.95. The lowest BCUT2D eigenvalue weighted by Gasteiger charge is -2.22. The molecule has 0 radical (unpaired) electrons. The van der Waals surface area contributed by atoms with Crippen LogP contribution in [0, 0.1) is 0 Å². The maximum absolute atomic E-state index is 2.32. The van der Waals surface area contributed by atoms with Crippen LogP contribution in [0.2, 0.25) is 0 Å². The summed E-state index contributed by atoms with van der Waals surface area (Å²) >= 11 is 0. The molecule has 0 amide bonds. The van der Waals surface area contributed by atoms with Gasteiger partial charge in [-0.1, -0.05) is 127 Å². The summed E-state index contributed by atoms with van der Waals surface area (Å²) in [6.07, 6.45) is 0. The number of rotatable bonds is 4. The Labute approximate surface area is 173 Å². The smallest absolute Gasteiger partial charge is 0.00217 e. The summed E-state index contributed by atoms with van der Waals surface area (Å²) in [5.41, 5.74) is 2.57. The Morgan fingerprint density at radius 3 is 1.52 bits per heavy atom. The van der Waals surface area contributed by atoms with Crippen LogP contribution in [0.4, 0.5) is 0 Å². The van der Waals surface area contributed by atoms with E-state index in [4.69, 9.17) is 0 Å². The fourth-order valence-electron chi connectivity index (χ4n) is 3.95. The second-order valence-corrected chi connectivity index (χ2v) is 9.24. The highest BCUT2D eigenvalue weighted by molar-refractivity contribution is 7.80. The highest BCUT2D eigenvalue weighted by Crippen LogP contribution is 2.38. The monoisotopic (exact) mass is 388 g/mol. The molecule has 29 heavy (non-hydrogen) atoms. The largest absolute Gasteiger partial charge is 0.0622 e. The predicted molar refractivity (Wildman–Crippen MR) is 128 cm³/mol. The van der Waals surface area contributed by atoms with Crippen LogP contribution in [0.15, 0.2) is 127 Å². The van der Waals surface area contributed by atoms with Crippen molar-refractivity contribution in [2.75, 3.05) is 0 Å². The zero-order valence-electron chi connectivity index (χ0n) is 16.1. The van der Waals surface area contributed by atoms with E-state index in [1.807, 2.05) is 0 Å². The number of hydrogen-bond acceptors (Lipinski definition) is 0. The van der Waals surface area contributed by atoms with Gasteiger partial charge in [0.25, 0.3) is 0 Å². The minimum absolute atomic E-state index is 0.652. The molecule has 0 aliphatic heterocycles. The first-order valence-electron chi connectivity index (χ1n) is 9.89. The Balaban J connectivity index is 1.83. The molecular weight excluding hydrogens is 367 g/mol. The van der Waals surface area contributed by atoms with Gasteiger partial charge in [-0.05, 0) is 45.7 Å². The number of benzene rings is 5. The lowest BCUT2D eigenvalue weighted by molar-refractivity contribution is 1.66. The first-order valence-corrected chi connectivity index (χ1v) is 11.2. The highest BCUT2D eigenvalue weighted by atomic mass is 31.1. The van der Waals surface area contributed by atoms with Crippen molar-refractivity contribution in [1.29, 1.82) is 0 Å². The van der Waals surface area contributed by atoms with Crippen molar-refractivity contribution in [2.45, 2.75) is 0 Å². The van der Waals surface area contributed by atoms with Gasteiger partial charge in [0.2, 0.25) is 0 Å². The summed E-state index contributed by atoms with van der Waals surface area (Å²) in [5, 5.41) is 6.82. The molecule has 1 heteroatoms. The van der Waals surface area contributed by atoms with Crippen molar-refractivity contribution >= 4 is 34.6 Å². The van der Waals surface area contributed by atoms with Gasteiger partial charge in [0.05, 0.1) is 0 Å². The Morgan fingerprint density at radius 2 is 0.931 bits per heavy atom. The summed E-state index contributed by atoms with van der Waals surface area (Å²) in [7, 11) is -0.652. The molecule has 5 rings (SSSR count). The van der Waals surface area contributed by atoms with Crippen LogP contribution < -0.4 is 15.9 Å².